The summed E-state index contributed by atoms with van der Waals surface area (Å²) >= 11 is 0. The van der Waals surface area contributed by atoms with Gasteiger partial charge in [-0.05, 0) is 6.92 Å². The second-order valence-corrected chi connectivity index (χ2v) is 4.94. The topological polar surface area (TPSA) is 135 Å². The number of nitrogens with zero attached hydrogens (tertiary/aromatic N) is 2. The van der Waals surface area contributed by atoms with Gasteiger partial charge in [0.1, 0.15) is 5.78 Å². The minimum Gasteiger partial charge on any atom is -0.481 e. The Labute approximate surface area is 128 Å². The first-order valence-corrected chi connectivity index (χ1v) is 6.80. The molecule has 0 saturated heterocycles. The van der Waals surface area contributed by atoms with Crippen molar-refractivity contribution in [2.75, 3.05) is 39.3 Å². The fourth-order valence-corrected chi connectivity index (χ4v) is 1.84. The fraction of sp³-hybridized carbons (Fsp3) is 0.692. The summed E-state index contributed by atoms with van der Waals surface area (Å²) in [7, 11) is 0. The van der Waals surface area contributed by atoms with Gasteiger partial charge in [0.2, 0.25) is 0 Å². The smallest absolute Gasteiger partial charge is 0.317 e. The monoisotopic (exact) mass is 318 g/mol. The Bertz CT molecular complexity index is 373. The highest BCUT2D eigenvalue weighted by Gasteiger charge is 2.15. The van der Waals surface area contributed by atoms with Crippen molar-refractivity contribution in [3.8, 4) is 0 Å². The van der Waals surface area contributed by atoms with E-state index in [1.54, 1.807) is 4.90 Å². The zero-order valence-corrected chi connectivity index (χ0v) is 12.5. The molecule has 0 aromatic carbocycles. The number of carbonyl (C=O) groups is 4. The predicted octanol–water partition coefficient (Wildman–Crippen LogP) is -0.787. The van der Waals surface area contributed by atoms with Crippen molar-refractivity contribution in [3.63, 3.8) is 0 Å². The van der Waals surface area contributed by atoms with Crippen molar-refractivity contribution in [3.05, 3.63) is 0 Å². The van der Waals surface area contributed by atoms with Gasteiger partial charge in [-0.3, -0.25) is 29.0 Å². The van der Waals surface area contributed by atoms with Crippen LogP contribution >= 0.6 is 0 Å². The van der Waals surface area contributed by atoms with Crippen molar-refractivity contribution < 1.29 is 34.5 Å². The zero-order chi connectivity index (χ0) is 17.1. The molecule has 0 heterocycles. The van der Waals surface area contributed by atoms with Crippen LogP contribution in [0, 0.1) is 0 Å². The van der Waals surface area contributed by atoms with Crippen LogP contribution in [0.2, 0.25) is 0 Å². The number of carboxylic acid groups (broad SMARTS) is 3. The second kappa shape index (κ2) is 10.7. The van der Waals surface area contributed by atoms with Gasteiger partial charge in [-0.25, -0.2) is 0 Å². The average molecular weight is 318 g/mol. The average Bonchev–Trinajstić information content (AvgIpc) is 2.37. The molecule has 0 aliphatic carbocycles. The summed E-state index contributed by atoms with van der Waals surface area (Å²) in [6, 6.07) is 0. The van der Waals surface area contributed by atoms with E-state index in [1.807, 2.05) is 0 Å². The van der Waals surface area contributed by atoms with Gasteiger partial charge < -0.3 is 15.3 Å². The Hall–Kier alpha value is -2.00. The summed E-state index contributed by atoms with van der Waals surface area (Å²) in [5.74, 6) is -3.21. The zero-order valence-electron chi connectivity index (χ0n) is 12.5. The summed E-state index contributed by atoms with van der Waals surface area (Å²) in [5, 5.41) is 26.1. The Balaban J connectivity index is 4.49. The van der Waals surface area contributed by atoms with E-state index in [0.717, 1.165) is 0 Å². The third kappa shape index (κ3) is 11.8. The van der Waals surface area contributed by atoms with Crippen molar-refractivity contribution in [1.29, 1.82) is 0 Å². The van der Waals surface area contributed by atoms with Gasteiger partial charge in [0.25, 0.3) is 0 Å². The Morgan fingerprint density at radius 3 is 1.41 bits per heavy atom. The van der Waals surface area contributed by atoms with Crippen molar-refractivity contribution in [1.82, 2.24) is 9.80 Å². The molecule has 0 spiro atoms. The molecular weight excluding hydrogens is 296 g/mol. The van der Waals surface area contributed by atoms with Gasteiger partial charge in [-0.1, -0.05) is 0 Å². The molecule has 0 saturated carbocycles. The molecule has 0 aliphatic rings. The van der Waals surface area contributed by atoms with Crippen molar-refractivity contribution in [2.24, 2.45) is 0 Å². The first kappa shape index (κ1) is 20.0. The number of rotatable bonds is 13. The lowest BCUT2D eigenvalue weighted by atomic mass is 10.3. The van der Waals surface area contributed by atoms with E-state index in [4.69, 9.17) is 15.3 Å². The minimum atomic E-state index is -1.07. The van der Waals surface area contributed by atoms with Crippen molar-refractivity contribution in [2.45, 2.75) is 19.8 Å². The van der Waals surface area contributed by atoms with Crippen molar-refractivity contribution >= 4 is 23.7 Å². The van der Waals surface area contributed by atoms with E-state index >= 15 is 0 Å². The molecule has 126 valence electrons. The van der Waals surface area contributed by atoms with Crippen LogP contribution in [0.3, 0.4) is 0 Å². The molecule has 0 rings (SSSR count). The van der Waals surface area contributed by atoms with E-state index < -0.39 is 17.9 Å². The van der Waals surface area contributed by atoms with E-state index in [1.165, 1.54) is 11.8 Å². The molecule has 0 amide bonds. The highest BCUT2D eigenvalue weighted by molar-refractivity contribution is 5.77. The summed E-state index contributed by atoms with van der Waals surface area (Å²) in [6.45, 7) is 1.94. The van der Waals surface area contributed by atoms with Gasteiger partial charge in [0, 0.05) is 26.2 Å². The number of carbonyl (C=O) groups excluding carboxylic acids is 1. The predicted molar refractivity (Wildman–Crippen MR) is 75.7 cm³/mol. The van der Waals surface area contributed by atoms with E-state index in [9.17, 15) is 19.2 Å². The maximum Gasteiger partial charge on any atom is 0.317 e. The highest BCUT2D eigenvalue weighted by atomic mass is 16.4. The summed E-state index contributed by atoms with van der Waals surface area (Å²) < 4.78 is 0. The SMILES string of the molecule is CC(=O)CN(CCC(=O)O)CCN(CCC(=O)O)CC(=O)O. The molecule has 0 fully saturated rings. The van der Waals surface area contributed by atoms with Crippen LogP contribution in [-0.2, 0) is 19.2 Å². The lowest BCUT2D eigenvalue weighted by Crippen LogP contribution is -2.41. The van der Waals surface area contributed by atoms with Crippen LogP contribution in [0.15, 0.2) is 0 Å². The standard InChI is InChI=1S/C13H22N2O7/c1-10(16)8-14(4-2-11(17)18)6-7-15(9-13(21)22)5-3-12(19)20/h2-9H2,1H3,(H,17,18)(H,19,20)(H,21,22). The summed E-state index contributed by atoms with van der Waals surface area (Å²) in [6.07, 6.45) is -0.309. The van der Waals surface area contributed by atoms with Crippen LogP contribution < -0.4 is 0 Å². The molecule has 0 aliphatic heterocycles. The number of carboxylic acids is 3. The van der Waals surface area contributed by atoms with E-state index in [-0.39, 0.29) is 51.3 Å². The first-order chi connectivity index (χ1) is 10.2. The molecule has 0 atom stereocenters. The Morgan fingerprint density at radius 1 is 0.682 bits per heavy atom. The normalized spacial score (nSPS) is 10.9. The van der Waals surface area contributed by atoms with Gasteiger partial charge in [-0.2, -0.15) is 0 Å². The molecule has 0 bridgehead atoms. The number of hydrogen-bond donors (Lipinski definition) is 3. The molecule has 0 unspecified atom stereocenters. The fourth-order valence-electron chi connectivity index (χ4n) is 1.84. The first-order valence-electron chi connectivity index (χ1n) is 6.80. The molecule has 0 aromatic heterocycles. The third-order valence-corrected chi connectivity index (χ3v) is 2.82. The molecule has 0 radical (unpaired) electrons. The maximum absolute atomic E-state index is 11.2. The summed E-state index contributed by atoms with van der Waals surface area (Å²) in [4.78, 5) is 46.1. The lowest BCUT2D eigenvalue weighted by Gasteiger charge is -2.25. The van der Waals surface area contributed by atoms with Gasteiger partial charge >= 0.3 is 17.9 Å². The van der Waals surface area contributed by atoms with Crippen LogP contribution in [-0.4, -0.2) is 88.1 Å². The Morgan fingerprint density at radius 2 is 1.09 bits per heavy atom. The van der Waals surface area contributed by atoms with Gasteiger partial charge in [0.05, 0.1) is 25.9 Å². The lowest BCUT2D eigenvalue weighted by molar-refractivity contribution is -0.141. The highest BCUT2D eigenvalue weighted by Crippen LogP contribution is 1.98. The molecule has 0 aromatic rings. The van der Waals surface area contributed by atoms with Crippen LogP contribution in [0.5, 0.6) is 0 Å². The molecule has 9 nitrogen and oxygen atoms in total. The number of aliphatic carboxylic acids is 3. The van der Waals surface area contributed by atoms with E-state index in [0.29, 0.717) is 6.54 Å². The molecular formula is C13H22N2O7. The van der Waals surface area contributed by atoms with Crippen LogP contribution in [0.1, 0.15) is 19.8 Å². The van der Waals surface area contributed by atoms with Gasteiger partial charge in [-0.15, -0.1) is 0 Å². The molecule has 3 N–H and O–H groups in total. The van der Waals surface area contributed by atoms with Gasteiger partial charge in [0.15, 0.2) is 0 Å². The second-order valence-electron chi connectivity index (χ2n) is 4.94. The van der Waals surface area contributed by atoms with Crippen LogP contribution in [0.25, 0.3) is 0 Å². The largest absolute Gasteiger partial charge is 0.481 e. The minimum absolute atomic E-state index is 0.0765. The van der Waals surface area contributed by atoms with E-state index in [2.05, 4.69) is 0 Å². The van der Waals surface area contributed by atoms with Crippen LogP contribution in [0.4, 0.5) is 0 Å². The molecule has 22 heavy (non-hydrogen) atoms. The third-order valence-electron chi connectivity index (χ3n) is 2.82. The summed E-state index contributed by atoms with van der Waals surface area (Å²) in [5.41, 5.74) is 0. The Kier molecular flexibility index (Phi) is 9.72. The number of hydrogen-bond acceptors (Lipinski definition) is 6. The maximum atomic E-state index is 11.2. The number of Topliss-reactive ketones (excluding diaryl/α,β-unsaturated/α-hetero) is 1. The number of ketones is 1. The quantitative estimate of drug-likeness (QED) is 0.399. The molecule has 9 heteroatoms.